The van der Waals surface area contributed by atoms with E-state index in [9.17, 15) is 4.79 Å². The van der Waals surface area contributed by atoms with Crippen LogP contribution in [0.3, 0.4) is 0 Å². The average Bonchev–Trinajstić information content (AvgIpc) is 2.57. The first-order valence-electron chi connectivity index (χ1n) is 7.99. The second-order valence-electron chi connectivity index (χ2n) is 6.13. The number of ketones is 1. The van der Waals surface area contributed by atoms with Gasteiger partial charge in [0.25, 0.3) is 0 Å². The second kappa shape index (κ2) is 6.89. The van der Waals surface area contributed by atoms with Gasteiger partial charge in [0.05, 0.1) is 12.7 Å². The minimum absolute atomic E-state index is 0.0637. The van der Waals surface area contributed by atoms with Gasteiger partial charge in [-0.3, -0.25) is 4.79 Å². The smallest absolute Gasteiger partial charge is 0.165 e. The molecule has 2 aromatic carbocycles. The Bertz CT molecular complexity index is 608. The van der Waals surface area contributed by atoms with Gasteiger partial charge in [0.1, 0.15) is 0 Å². The van der Waals surface area contributed by atoms with E-state index in [2.05, 4.69) is 24.3 Å². The van der Waals surface area contributed by atoms with Crippen molar-refractivity contribution in [1.29, 1.82) is 0 Å². The summed E-state index contributed by atoms with van der Waals surface area (Å²) in [5, 5.41) is 0. The Morgan fingerprint density at radius 1 is 1.05 bits per heavy atom. The minimum atomic E-state index is 0.0637. The summed E-state index contributed by atoms with van der Waals surface area (Å²) in [6.07, 6.45) is 2.60. The topological polar surface area (TPSA) is 26.3 Å². The Balaban J connectivity index is 1.53. The van der Waals surface area contributed by atoms with Crippen molar-refractivity contribution in [3.05, 3.63) is 71.3 Å². The minimum Gasteiger partial charge on any atom is -0.377 e. The van der Waals surface area contributed by atoms with E-state index in [0.29, 0.717) is 12.3 Å². The second-order valence-corrected chi connectivity index (χ2v) is 6.13. The van der Waals surface area contributed by atoms with Crippen LogP contribution in [0.5, 0.6) is 0 Å². The number of benzene rings is 2. The Hall–Kier alpha value is -1.93. The van der Waals surface area contributed by atoms with Crippen LogP contribution in [0.15, 0.2) is 54.6 Å². The molecule has 0 aromatic heterocycles. The number of ether oxygens (including phenoxy) is 1. The lowest BCUT2D eigenvalue weighted by molar-refractivity contribution is 0.00162. The summed E-state index contributed by atoms with van der Waals surface area (Å²) < 4.78 is 5.94. The fourth-order valence-electron chi connectivity index (χ4n) is 3.02. The van der Waals surface area contributed by atoms with Gasteiger partial charge in [-0.05, 0) is 25.3 Å². The third-order valence-electron chi connectivity index (χ3n) is 4.43. The highest BCUT2D eigenvalue weighted by molar-refractivity contribution is 5.96. The number of rotatable bonds is 4. The molecule has 2 heteroatoms. The number of aryl methyl sites for hydroxylation is 1. The molecule has 1 aliphatic rings. The van der Waals surface area contributed by atoms with E-state index in [1.54, 1.807) is 0 Å². The van der Waals surface area contributed by atoms with Crippen LogP contribution in [-0.2, 0) is 4.74 Å². The predicted molar refractivity (Wildman–Crippen MR) is 88.3 cm³/mol. The van der Waals surface area contributed by atoms with E-state index in [1.807, 2.05) is 37.3 Å². The third kappa shape index (κ3) is 3.63. The monoisotopic (exact) mass is 294 g/mol. The van der Waals surface area contributed by atoms with E-state index in [0.717, 1.165) is 25.0 Å². The van der Waals surface area contributed by atoms with Gasteiger partial charge in [-0.1, -0.05) is 60.2 Å². The van der Waals surface area contributed by atoms with Crippen LogP contribution in [-0.4, -0.2) is 18.5 Å². The van der Waals surface area contributed by atoms with Gasteiger partial charge >= 0.3 is 0 Å². The van der Waals surface area contributed by atoms with E-state index >= 15 is 0 Å². The summed E-state index contributed by atoms with van der Waals surface area (Å²) in [7, 11) is 0. The van der Waals surface area contributed by atoms with Crippen molar-refractivity contribution in [2.45, 2.75) is 38.2 Å². The maximum absolute atomic E-state index is 12.3. The first kappa shape index (κ1) is 15.0. The molecule has 2 atom stereocenters. The Morgan fingerprint density at radius 3 is 2.41 bits per heavy atom. The molecular formula is C20H22O2. The summed E-state index contributed by atoms with van der Waals surface area (Å²) >= 11 is 0. The molecular weight excluding hydrogens is 272 g/mol. The molecule has 0 spiro atoms. The van der Waals surface area contributed by atoms with Gasteiger partial charge in [-0.25, -0.2) is 0 Å². The lowest BCUT2D eigenvalue weighted by Crippen LogP contribution is -2.27. The summed E-state index contributed by atoms with van der Waals surface area (Å²) in [4.78, 5) is 12.3. The molecule has 3 rings (SSSR count). The van der Waals surface area contributed by atoms with Crippen molar-refractivity contribution in [3.8, 4) is 0 Å². The Labute approximate surface area is 132 Å². The van der Waals surface area contributed by atoms with Gasteiger partial charge < -0.3 is 4.74 Å². The molecule has 0 N–H and O–H groups in total. The number of Topliss-reactive ketones (excluding diaryl/α,β-unsaturated/α-hetero) is 1. The Morgan fingerprint density at radius 2 is 1.77 bits per heavy atom. The predicted octanol–water partition coefficient (Wildman–Crippen LogP) is 4.53. The molecule has 0 saturated carbocycles. The number of hydrogen-bond donors (Lipinski definition) is 0. The molecule has 1 heterocycles. The third-order valence-corrected chi connectivity index (χ3v) is 4.43. The van der Waals surface area contributed by atoms with Gasteiger partial charge in [0.15, 0.2) is 5.78 Å². The van der Waals surface area contributed by atoms with Crippen molar-refractivity contribution >= 4 is 5.78 Å². The standard InChI is InChI=1S/C20H22O2/c1-15-7-9-17(10-8-15)20(21)13-19-12-11-18(14-22-19)16-5-3-2-4-6-16/h2-10,18-19H,11-14H2,1H3/t18-,19-/m0/s1. The number of carbonyl (C=O) groups excluding carboxylic acids is 1. The lowest BCUT2D eigenvalue weighted by atomic mass is 9.89. The largest absolute Gasteiger partial charge is 0.377 e. The van der Waals surface area contributed by atoms with E-state index in [-0.39, 0.29) is 11.9 Å². The molecule has 0 amide bonds. The van der Waals surface area contributed by atoms with Gasteiger partial charge in [0.2, 0.25) is 0 Å². The van der Waals surface area contributed by atoms with E-state index in [4.69, 9.17) is 4.74 Å². The molecule has 22 heavy (non-hydrogen) atoms. The van der Waals surface area contributed by atoms with Gasteiger partial charge in [-0.15, -0.1) is 0 Å². The molecule has 0 unspecified atom stereocenters. The van der Waals surface area contributed by atoms with Crippen LogP contribution in [0.25, 0.3) is 0 Å². The fourth-order valence-corrected chi connectivity index (χ4v) is 3.02. The molecule has 114 valence electrons. The SMILES string of the molecule is Cc1ccc(C(=O)C[C@@H]2CC[C@H](c3ccccc3)CO2)cc1. The average molecular weight is 294 g/mol. The van der Waals surface area contributed by atoms with Crippen LogP contribution in [0.2, 0.25) is 0 Å². The highest BCUT2D eigenvalue weighted by Gasteiger charge is 2.24. The van der Waals surface area contributed by atoms with Crippen LogP contribution < -0.4 is 0 Å². The van der Waals surface area contributed by atoms with Crippen LogP contribution >= 0.6 is 0 Å². The summed E-state index contributed by atoms with van der Waals surface area (Å²) in [6.45, 7) is 2.75. The maximum atomic E-state index is 12.3. The lowest BCUT2D eigenvalue weighted by Gasteiger charge is -2.29. The highest BCUT2D eigenvalue weighted by atomic mass is 16.5. The highest BCUT2D eigenvalue weighted by Crippen LogP contribution is 2.29. The van der Waals surface area contributed by atoms with Crippen molar-refractivity contribution in [2.24, 2.45) is 0 Å². The molecule has 2 aromatic rings. The van der Waals surface area contributed by atoms with Crippen LogP contribution in [0.1, 0.15) is 46.7 Å². The molecule has 1 saturated heterocycles. The zero-order chi connectivity index (χ0) is 15.4. The zero-order valence-corrected chi connectivity index (χ0v) is 13.0. The summed E-state index contributed by atoms with van der Waals surface area (Å²) in [5.74, 6) is 0.648. The summed E-state index contributed by atoms with van der Waals surface area (Å²) in [5.41, 5.74) is 3.31. The Kier molecular flexibility index (Phi) is 4.69. The van der Waals surface area contributed by atoms with Crippen molar-refractivity contribution in [2.75, 3.05) is 6.61 Å². The molecule has 1 aliphatic heterocycles. The maximum Gasteiger partial charge on any atom is 0.165 e. The van der Waals surface area contributed by atoms with Crippen molar-refractivity contribution in [1.82, 2.24) is 0 Å². The zero-order valence-electron chi connectivity index (χ0n) is 13.0. The van der Waals surface area contributed by atoms with Crippen LogP contribution in [0.4, 0.5) is 0 Å². The molecule has 0 bridgehead atoms. The van der Waals surface area contributed by atoms with Crippen molar-refractivity contribution < 1.29 is 9.53 Å². The number of carbonyl (C=O) groups is 1. The van der Waals surface area contributed by atoms with E-state index < -0.39 is 0 Å². The molecule has 1 fully saturated rings. The molecule has 0 aliphatic carbocycles. The van der Waals surface area contributed by atoms with Gasteiger partial charge in [-0.2, -0.15) is 0 Å². The first-order chi connectivity index (χ1) is 10.7. The normalized spacial score (nSPS) is 21.5. The van der Waals surface area contributed by atoms with Crippen molar-refractivity contribution in [3.63, 3.8) is 0 Å². The summed E-state index contributed by atoms with van der Waals surface area (Å²) in [6, 6.07) is 18.3. The quantitative estimate of drug-likeness (QED) is 0.774. The first-order valence-corrected chi connectivity index (χ1v) is 7.99. The van der Waals surface area contributed by atoms with E-state index in [1.165, 1.54) is 11.1 Å². The van der Waals surface area contributed by atoms with Crippen LogP contribution in [0, 0.1) is 6.92 Å². The number of hydrogen-bond acceptors (Lipinski definition) is 2. The van der Waals surface area contributed by atoms with Gasteiger partial charge in [0, 0.05) is 17.9 Å². The molecule has 2 nitrogen and oxygen atoms in total. The molecule has 0 radical (unpaired) electrons. The fraction of sp³-hybridized carbons (Fsp3) is 0.350.